The Hall–Kier alpha value is -0.172. The summed E-state index contributed by atoms with van der Waals surface area (Å²) in [5, 5.41) is 0. The molecule has 0 unspecified atom stereocenters. The molecule has 0 heterocycles. The van der Waals surface area contributed by atoms with E-state index in [2.05, 4.69) is 23.3 Å². The van der Waals surface area contributed by atoms with Gasteiger partial charge in [0.2, 0.25) is 0 Å². The van der Waals surface area contributed by atoms with Crippen molar-refractivity contribution in [3.05, 3.63) is 13.8 Å². The molecule has 10 heteroatoms. The van der Waals surface area contributed by atoms with Crippen molar-refractivity contribution in [2.24, 2.45) is 0 Å². The Morgan fingerprint density at radius 3 is 1.25 bits per heavy atom. The summed E-state index contributed by atoms with van der Waals surface area (Å²) in [6, 6.07) is 0. The van der Waals surface area contributed by atoms with Crippen molar-refractivity contribution in [1.29, 1.82) is 0 Å². The van der Waals surface area contributed by atoms with Gasteiger partial charge in [-0.2, -0.15) is 0 Å². The fourth-order valence-corrected chi connectivity index (χ4v) is 1.99. The molecule has 1 saturated carbocycles. The summed E-state index contributed by atoms with van der Waals surface area (Å²) >= 11 is 0. The first-order chi connectivity index (χ1) is 10.4. The zero-order valence-corrected chi connectivity index (χ0v) is 18.9. The number of hydrogen-bond donors (Lipinski definition) is 0. The van der Waals surface area contributed by atoms with Gasteiger partial charge in [-0.3, -0.25) is 23.4 Å². The minimum absolute atomic E-state index is 0. The first kappa shape index (κ1) is 26.1. The Kier molecular flexibility index (Phi) is 15.3. The third kappa shape index (κ3) is 12.2. The van der Waals surface area contributed by atoms with E-state index in [1.807, 2.05) is 0 Å². The molecule has 0 saturated heterocycles. The molecule has 0 aliphatic heterocycles. The monoisotopic (exact) mass is 492 g/mol. The van der Waals surface area contributed by atoms with Gasteiger partial charge in [0.25, 0.3) is 0 Å². The van der Waals surface area contributed by atoms with Gasteiger partial charge in [-0.1, -0.05) is 0 Å². The van der Waals surface area contributed by atoms with Crippen LogP contribution in [0.1, 0.15) is 25.7 Å². The number of hydrogen-bond acceptors (Lipinski definition) is 8. The average molecular weight is 492 g/mol. The van der Waals surface area contributed by atoms with Crippen LogP contribution in [0.4, 0.5) is 0 Å². The van der Waals surface area contributed by atoms with E-state index in [-0.39, 0.29) is 77.6 Å². The molecule has 1 rings (SSSR count). The van der Waals surface area contributed by atoms with Crippen LogP contribution in [0.25, 0.3) is 0 Å². The Morgan fingerprint density at radius 2 is 1.00 bits per heavy atom. The second-order valence-corrected chi connectivity index (χ2v) is 4.70. The number of ether oxygens (including phenoxy) is 4. The van der Waals surface area contributed by atoms with E-state index in [0.717, 1.165) is 0 Å². The maximum Gasteiger partial charge on any atom is 0.344 e. The maximum absolute atomic E-state index is 11.4. The van der Waals surface area contributed by atoms with Gasteiger partial charge in [0.1, 0.15) is 12.2 Å². The van der Waals surface area contributed by atoms with Crippen LogP contribution in [-0.2, 0) is 104 Å². The van der Waals surface area contributed by atoms with E-state index in [4.69, 9.17) is 9.47 Å². The van der Waals surface area contributed by atoms with Gasteiger partial charge in [0.05, 0.1) is 0 Å². The molecule has 2 radical (unpaired) electrons. The third-order valence-corrected chi connectivity index (χ3v) is 2.92. The summed E-state index contributed by atoms with van der Waals surface area (Å²) in [5.74, 6) is -2.87. The first-order valence-electron chi connectivity index (χ1n) is 6.73. The predicted octanol–water partition coefficient (Wildman–Crippen LogP) is 0.134. The molecular weight excluding hydrogens is 474 g/mol. The summed E-state index contributed by atoms with van der Waals surface area (Å²) in [4.78, 5) is 43.6. The largest absolute Gasteiger partial charge is 0.477 e. The van der Waals surface area contributed by atoms with Crippen molar-refractivity contribution < 1.29 is 104 Å². The van der Waals surface area contributed by atoms with Crippen LogP contribution in [0.15, 0.2) is 0 Å². The van der Waals surface area contributed by atoms with Gasteiger partial charge >= 0.3 is 11.9 Å². The molecule has 0 spiro atoms. The fraction of sp³-hybridized carbons (Fsp3) is 0.571. The second-order valence-electron chi connectivity index (χ2n) is 4.70. The molecule has 0 aromatic carbocycles. The van der Waals surface area contributed by atoms with E-state index in [1.54, 1.807) is 0 Å². The molecule has 24 heavy (non-hydrogen) atoms. The summed E-state index contributed by atoms with van der Waals surface area (Å²) in [6.07, 6.45) is 1.50. The van der Waals surface area contributed by atoms with Gasteiger partial charge in [0, 0.05) is 65.4 Å². The molecule has 1 fully saturated rings. The minimum Gasteiger partial charge on any atom is -0.477 e. The second kappa shape index (κ2) is 14.0. The molecule has 0 amide bonds. The Morgan fingerprint density at radius 1 is 0.708 bits per heavy atom. The van der Waals surface area contributed by atoms with E-state index >= 15 is 0 Å². The van der Waals surface area contributed by atoms with E-state index < -0.39 is 37.1 Å². The van der Waals surface area contributed by atoms with E-state index in [1.165, 1.54) is 0 Å². The molecule has 0 bridgehead atoms. The predicted molar refractivity (Wildman–Crippen MR) is 70.9 cm³/mol. The quantitative estimate of drug-likeness (QED) is 0.293. The van der Waals surface area contributed by atoms with Crippen molar-refractivity contribution in [3.63, 3.8) is 0 Å². The van der Waals surface area contributed by atoms with Crippen LogP contribution < -0.4 is 0 Å². The fourth-order valence-electron chi connectivity index (χ4n) is 1.99. The average Bonchev–Trinajstić information content (AvgIpc) is 2.45. The normalized spacial score (nSPS) is 18.8. The molecule has 0 aromatic rings. The molecule has 0 N–H and O–H groups in total. The molecule has 0 atom stereocenters. The summed E-state index contributed by atoms with van der Waals surface area (Å²) < 4.78 is 19.1. The zero-order chi connectivity index (χ0) is 16.5. The van der Waals surface area contributed by atoms with Crippen LogP contribution in [0.5, 0.6) is 0 Å². The smallest absolute Gasteiger partial charge is 0.344 e. The Balaban J connectivity index is 0. The number of carbonyl (C=O) groups excluding carboxylic acids is 4. The van der Waals surface area contributed by atoms with Gasteiger partial charge in [-0.05, 0) is 25.7 Å². The first-order valence-corrected chi connectivity index (χ1v) is 6.73. The van der Waals surface area contributed by atoms with Crippen LogP contribution in [0, 0.1) is 13.8 Å². The van der Waals surface area contributed by atoms with Crippen LogP contribution in [0.2, 0.25) is 0 Å². The van der Waals surface area contributed by atoms with Crippen molar-refractivity contribution in [1.82, 2.24) is 0 Å². The standard InChI is InChI=1S/C14H18O8.2Y/c1-9(15)19-7-13(17)21-11-3-5-12(6-4-11)22-14(18)8-20-10(2)16;;/h11-12H,1-8H2;;/q-2;;. The summed E-state index contributed by atoms with van der Waals surface area (Å²) in [6.45, 7) is 5.01. The van der Waals surface area contributed by atoms with Crippen molar-refractivity contribution in [3.8, 4) is 0 Å². The van der Waals surface area contributed by atoms with Crippen LogP contribution in [-0.4, -0.2) is 49.3 Å². The van der Waals surface area contributed by atoms with Crippen molar-refractivity contribution in [2.45, 2.75) is 37.9 Å². The Bertz CT molecular complexity index is 392. The molecule has 1 aliphatic rings. The third-order valence-electron chi connectivity index (χ3n) is 2.92. The van der Waals surface area contributed by atoms with Crippen LogP contribution in [0.3, 0.4) is 0 Å². The number of carbonyl (C=O) groups is 4. The van der Waals surface area contributed by atoms with E-state index in [0.29, 0.717) is 25.7 Å². The summed E-state index contributed by atoms with van der Waals surface area (Å²) in [7, 11) is 0. The van der Waals surface area contributed by atoms with Gasteiger partial charge in [-0.15, -0.1) is 0 Å². The summed E-state index contributed by atoms with van der Waals surface area (Å²) in [5.41, 5.74) is 0. The minimum atomic E-state index is -0.796. The Labute approximate surface area is 190 Å². The maximum atomic E-state index is 11.4. The topological polar surface area (TPSA) is 105 Å². The molecule has 0 aromatic heterocycles. The van der Waals surface area contributed by atoms with Gasteiger partial charge < -0.3 is 18.9 Å². The molecule has 8 nitrogen and oxygen atoms in total. The number of esters is 4. The zero-order valence-electron chi connectivity index (χ0n) is 13.2. The van der Waals surface area contributed by atoms with Crippen molar-refractivity contribution >= 4 is 23.9 Å². The molecule has 130 valence electrons. The molecule has 1 aliphatic carbocycles. The molecular formula is C14H18O8Y2-2. The van der Waals surface area contributed by atoms with Gasteiger partial charge in [-0.25, -0.2) is 9.59 Å². The van der Waals surface area contributed by atoms with E-state index in [9.17, 15) is 19.2 Å². The van der Waals surface area contributed by atoms with Gasteiger partial charge in [0.15, 0.2) is 25.2 Å². The SMILES string of the molecule is [CH2-]C(=O)OCC(=O)OC1CCC(OC(=O)COC([CH2-])=O)CC1.[Y].[Y]. The van der Waals surface area contributed by atoms with Crippen LogP contribution >= 0.6 is 0 Å². The van der Waals surface area contributed by atoms with Crippen molar-refractivity contribution in [2.75, 3.05) is 13.2 Å². The number of rotatable bonds is 6.